The number of thioether (sulfide) groups is 1. The average molecular weight is 478 g/mol. The van der Waals surface area contributed by atoms with Gasteiger partial charge >= 0.3 is 0 Å². The fraction of sp³-hybridized carbons (Fsp3) is 0.308. The fourth-order valence-electron chi connectivity index (χ4n) is 4.90. The summed E-state index contributed by atoms with van der Waals surface area (Å²) in [5, 5.41) is 22.9. The van der Waals surface area contributed by atoms with E-state index < -0.39 is 23.1 Å². The van der Waals surface area contributed by atoms with Crippen molar-refractivity contribution in [2.24, 2.45) is 5.92 Å². The van der Waals surface area contributed by atoms with Gasteiger partial charge in [-0.05, 0) is 28.7 Å². The van der Waals surface area contributed by atoms with Crippen LogP contribution < -0.4 is 10.4 Å². The normalized spacial score (nSPS) is 18.2. The van der Waals surface area contributed by atoms with Crippen LogP contribution in [0.2, 0.25) is 0 Å². The molecule has 2 aliphatic rings. The maximum absolute atomic E-state index is 13.5. The molecule has 0 aliphatic carbocycles. The maximum atomic E-state index is 13.5. The summed E-state index contributed by atoms with van der Waals surface area (Å²) in [6.45, 7) is 3.86. The number of carbonyl (C=O) groups excluding carboxylic acids is 1. The van der Waals surface area contributed by atoms with Crippen molar-refractivity contribution >= 4 is 17.7 Å². The highest BCUT2D eigenvalue weighted by atomic mass is 32.2. The lowest BCUT2D eigenvalue weighted by Gasteiger charge is -2.47. The Labute approximate surface area is 202 Å². The zero-order valence-corrected chi connectivity index (χ0v) is 19.9. The third-order valence-electron chi connectivity index (χ3n) is 6.69. The maximum Gasteiger partial charge on any atom is 0.278 e. The second-order valence-electron chi connectivity index (χ2n) is 9.00. The molecule has 1 unspecified atom stereocenters. The summed E-state index contributed by atoms with van der Waals surface area (Å²) in [5.74, 6) is -0.256. The number of fused-ring (bicyclic) bond motifs is 3. The minimum atomic E-state index is -0.608. The molecule has 1 amide bonds. The van der Waals surface area contributed by atoms with Crippen molar-refractivity contribution < 1.29 is 15.0 Å². The highest BCUT2D eigenvalue weighted by Gasteiger charge is 2.41. The average Bonchev–Trinajstić information content (AvgIpc) is 3.00. The first-order chi connectivity index (χ1) is 16.4. The summed E-state index contributed by atoms with van der Waals surface area (Å²) in [6, 6.07) is 17.0. The number of nitrogens with zero attached hydrogens (tertiary/aromatic N) is 3. The molecular formula is C26H27N3O4S. The number of aliphatic hydroxyl groups excluding tert-OH is 1. The van der Waals surface area contributed by atoms with Crippen LogP contribution in [-0.4, -0.2) is 45.0 Å². The summed E-state index contributed by atoms with van der Waals surface area (Å²) in [4.78, 5) is 28.6. The lowest BCUT2D eigenvalue weighted by molar-refractivity contribution is 0.0408. The second kappa shape index (κ2) is 8.85. The van der Waals surface area contributed by atoms with Crippen molar-refractivity contribution in [2.75, 3.05) is 18.3 Å². The molecule has 0 saturated carbocycles. The molecule has 0 bridgehead atoms. The van der Waals surface area contributed by atoms with Crippen LogP contribution in [0.1, 0.15) is 47.1 Å². The zero-order chi connectivity index (χ0) is 24.0. The Hall–Kier alpha value is -3.23. The smallest absolute Gasteiger partial charge is 0.278 e. The molecule has 1 aromatic heterocycles. The van der Waals surface area contributed by atoms with Crippen LogP contribution in [0.25, 0.3) is 0 Å². The molecule has 5 rings (SSSR count). The first-order valence-corrected chi connectivity index (χ1v) is 12.3. The van der Waals surface area contributed by atoms with Crippen molar-refractivity contribution in [1.29, 1.82) is 0 Å². The number of hydrogen-bond donors (Lipinski definition) is 2. The van der Waals surface area contributed by atoms with Crippen molar-refractivity contribution in [2.45, 2.75) is 36.6 Å². The van der Waals surface area contributed by atoms with Gasteiger partial charge in [-0.25, -0.2) is 0 Å². The first kappa shape index (κ1) is 22.6. The Morgan fingerprint density at radius 3 is 2.47 bits per heavy atom. The largest absolute Gasteiger partial charge is 0.502 e. The second-order valence-corrected chi connectivity index (χ2v) is 10.0. The van der Waals surface area contributed by atoms with E-state index in [4.69, 9.17) is 0 Å². The number of carbonyl (C=O) groups is 1. The lowest BCUT2D eigenvalue weighted by Crippen LogP contribution is -2.60. The van der Waals surface area contributed by atoms with E-state index in [2.05, 4.69) is 24.3 Å². The Balaban J connectivity index is 1.77. The fourth-order valence-corrected chi connectivity index (χ4v) is 6.00. The predicted molar refractivity (Wildman–Crippen MR) is 132 cm³/mol. The van der Waals surface area contributed by atoms with Crippen LogP contribution >= 0.6 is 11.8 Å². The molecule has 3 aromatic rings. The van der Waals surface area contributed by atoms with Gasteiger partial charge in [0, 0.05) is 22.9 Å². The quantitative estimate of drug-likeness (QED) is 0.600. The van der Waals surface area contributed by atoms with Gasteiger partial charge in [0.2, 0.25) is 5.43 Å². The topological polar surface area (TPSA) is 86.0 Å². The van der Waals surface area contributed by atoms with Crippen molar-refractivity contribution in [3.05, 3.63) is 93.4 Å². The van der Waals surface area contributed by atoms with Gasteiger partial charge in [-0.15, -0.1) is 11.8 Å². The minimum Gasteiger partial charge on any atom is -0.502 e. The van der Waals surface area contributed by atoms with E-state index >= 15 is 0 Å². The van der Waals surface area contributed by atoms with E-state index in [-0.39, 0.29) is 30.9 Å². The molecule has 0 spiro atoms. The summed E-state index contributed by atoms with van der Waals surface area (Å²) in [7, 11) is 0. The van der Waals surface area contributed by atoms with E-state index in [9.17, 15) is 19.8 Å². The molecule has 2 aromatic carbocycles. The number of benzene rings is 2. The van der Waals surface area contributed by atoms with Crippen LogP contribution in [0.5, 0.6) is 5.75 Å². The van der Waals surface area contributed by atoms with Gasteiger partial charge in [-0.3, -0.25) is 19.3 Å². The Morgan fingerprint density at radius 1 is 1.03 bits per heavy atom. The summed E-state index contributed by atoms with van der Waals surface area (Å²) in [6.07, 6.45) is 1.55. The highest BCUT2D eigenvalue weighted by Crippen LogP contribution is 2.43. The van der Waals surface area contributed by atoms with Crippen molar-refractivity contribution in [3.8, 4) is 5.75 Å². The van der Waals surface area contributed by atoms with Crippen LogP contribution in [0.15, 0.2) is 70.5 Å². The van der Waals surface area contributed by atoms with E-state index in [1.807, 2.05) is 43.1 Å². The molecule has 8 heteroatoms. The first-order valence-electron chi connectivity index (χ1n) is 11.3. The van der Waals surface area contributed by atoms with Crippen molar-refractivity contribution in [3.63, 3.8) is 0 Å². The van der Waals surface area contributed by atoms with Crippen LogP contribution in [0.4, 0.5) is 0 Å². The molecule has 2 N–H and O–H groups in total. The van der Waals surface area contributed by atoms with Crippen LogP contribution in [0, 0.1) is 5.92 Å². The zero-order valence-electron chi connectivity index (χ0n) is 19.1. The SMILES string of the molecule is CC(C)[C@@H](CO)N1CN(C2c3ccccc3CSc3ccccc32)n2ccc(=O)c(O)c2C1=O. The summed E-state index contributed by atoms with van der Waals surface area (Å²) >= 11 is 1.77. The van der Waals surface area contributed by atoms with Crippen molar-refractivity contribution in [1.82, 2.24) is 9.58 Å². The molecule has 2 aliphatic heterocycles. The van der Waals surface area contributed by atoms with E-state index in [0.717, 1.165) is 21.8 Å². The molecule has 2 atom stereocenters. The van der Waals surface area contributed by atoms with Gasteiger partial charge in [0.15, 0.2) is 11.4 Å². The summed E-state index contributed by atoms with van der Waals surface area (Å²) in [5.41, 5.74) is 2.68. The number of hydrogen-bond acceptors (Lipinski definition) is 6. The molecule has 0 saturated heterocycles. The van der Waals surface area contributed by atoms with Gasteiger partial charge in [0.1, 0.15) is 6.67 Å². The highest BCUT2D eigenvalue weighted by molar-refractivity contribution is 7.98. The lowest BCUT2D eigenvalue weighted by atomic mass is 9.94. The molecule has 176 valence electrons. The number of aromatic nitrogens is 1. The van der Waals surface area contributed by atoms with E-state index in [0.29, 0.717) is 0 Å². The van der Waals surface area contributed by atoms with Gasteiger partial charge in [-0.1, -0.05) is 56.3 Å². The molecular weight excluding hydrogens is 450 g/mol. The Morgan fingerprint density at radius 2 is 1.74 bits per heavy atom. The molecule has 34 heavy (non-hydrogen) atoms. The van der Waals surface area contributed by atoms with Gasteiger partial charge in [-0.2, -0.15) is 0 Å². The third-order valence-corrected chi connectivity index (χ3v) is 7.83. The summed E-state index contributed by atoms with van der Waals surface area (Å²) < 4.78 is 1.61. The monoisotopic (exact) mass is 477 g/mol. The van der Waals surface area contributed by atoms with Crippen LogP contribution in [0.3, 0.4) is 0 Å². The number of amides is 1. The number of pyridine rings is 1. The van der Waals surface area contributed by atoms with Gasteiger partial charge in [0.25, 0.3) is 5.91 Å². The predicted octanol–water partition coefficient (Wildman–Crippen LogP) is 3.32. The molecule has 7 nitrogen and oxygen atoms in total. The van der Waals surface area contributed by atoms with E-state index in [1.54, 1.807) is 27.5 Å². The third kappa shape index (κ3) is 3.58. The van der Waals surface area contributed by atoms with Gasteiger partial charge < -0.3 is 15.1 Å². The standard InChI is InChI=1S/C26H27N3O4S/c1-16(2)20(13-30)27-15-29(28-12-11-21(31)25(32)24(28)26(27)33)23-18-8-4-3-7-17(18)14-34-22-10-6-5-9-19(22)23/h3-12,16,20,23,30,32H,13-15H2,1-2H3/t20-,23?/m1/s1. The molecule has 3 heterocycles. The molecule has 0 fully saturated rings. The Bertz CT molecular complexity index is 1260. The number of aliphatic hydroxyl groups is 1. The molecule has 0 radical (unpaired) electrons. The van der Waals surface area contributed by atoms with E-state index in [1.165, 1.54) is 11.6 Å². The number of aromatic hydroxyl groups is 1. The minimum absolute atomic E-state index is 0.0239. The van der Waals surface area contributed by atoms with Crippen LogP contribution in [-0.2, 0) is 5.75 Å². The van der Waals surface area contributed by atoms with Gasteiger partial charge in [0.05, 0.1) is 18.7 Å². The Kier molecular flexibility index (Phi) is 5.87. The number of rotatable bonds is 4.